The van der Waals surface area contributed by atoms with E-state index in [2.05, 4.69) is 10.00 Å². The number of hydrogen-bond acceptors (Lipinski definition) is 6. The van der Waals surface area contributed by atoms with Gasteiger partial charge in [-0.15, -0.1) is 0 Å². The van der Waals surface area contributed by atoms with E-state index in [1.807, 2.05) is 4.68 Å². The van der Waals surface area contributed by atoms with Crippen molar-refractivity contribution in [2.75, 3.05) is 32.8 Å². The van der Waals surface area contributed by atoms with E-state index >= 15 is 0 Å². The first kappa shape index (κ1) is 19.4. The maximum Gasteiger partial charge on any atom is 0.494 e. The molecule has 0 amide bonds. The highest BCUT2D eigenvalue weighted by Crippen LogP contribution is 2.25. The Morgan fingerprint density at radius 3 is 2.54 bits per heavy atom. The van der Waals surface area contributed by atoms with E-state index in [0.29, 0.717) is 5.46 Å². The van der Waals surface area contributed by atoms with Crippen LogP contribution in [0.2, 0.25) is 0 Å². The number of aliphatic hydroxyl groups is 1. The highest BCUT2D eigenvalue weighted by molar-refractivity contribution is 6.59. The molecule has 1 aliphatic heterocycles. The van der Waals surface area contributed by atoms with Crippen molar-refractivity contribution >= 4 is 12.6 Å². The summed E-state index contributed by atoms with van der Waals surface area (Å²) in [7, 11) is -1.11. The fraction of sp³-hybridized carbons (Fsp3) is 0.812. The SMILES string of the molecule is CC(C)(O)C(C)(C)OB(O)c1cnn(CCCN2CCOCC2)c1. The quantitative estimate of drug-likeness (QED) is 0.642. The van der Waals surface area contributed by atoms with Crippen molar-refractivity contribution < 1.29 is 19.5 Å². The van der Waals surface area contributed by atoms with Gasteiger partial charge >= 0.3 is 7.12 Å². The van der Waals surface area contributed by atoms with Crippen LogP contribution in [0.5, 0.6) is 0 Å². The van der Waals surface area contributed by atoms with Gasteiger partial charge in [0.1, 0.15) is 0 Å². The van der Waals surface area contributed by atoms with Gasteiger partial charge < -0.3 is 19.5 Å². The second-order valence-electron chi connectivity index (χ2n) is 7.38. The lowest BCUT2D eigenvalue weighted by Gasteiger charge is -2.38. The topological polar surface area (TPSA) is 80.0 Å². The molecule has 1 aromatic heterocycles. The minimum Gasteiger partial charge on any atom is -0.423 e. The predicted octanol–water partition coefficient (Wildman–Crippen LogP) is -0.141. The molecule has 0 radical (unpaired) electrons. The summed E-state index contributed by atoms with van der Waals surface area (Å²) in [6, 6.07) is 0. The fourth-order valence-corrected chi connectivity index (χ4v) is 2.40. The van der Waals surface area contributed by atoms with E-state index in [4.69, 9.17) is 9.39 Å². The molecule has 0 unspecified atom stereocenters. The Kier molecular flexibility index (Phi) is 6.44. The third-order valence-electron chi connectivity index (χ3n) is 4.78. The lowest BCUT2D eigenvalue weighted by atomic mass is 9.78. The largest absolute Gasteiger partial charge is 0.494 e. The Labute approximate surface area is 144 Å². The number of aromatic nitrogens is 2. The number of hydrogen-bond donors (Lipinski definition) is 2. The smallest absolute Gasteiger partial charge is 0.423 e. The molecule has 0 aromatic carbocycles. The average molecular weight is 339 g/mol. The van der Waals surface area contributed by atoms with Gasteiger partial charge in [-0.2, -0.15) is 5.10 Å². The molecule has 1 aromatic rings. The van der Waals surface area contributed by atoms with Crippen LogP contribution in [-0.4, -0.2) is 76.0 Å². The van der Waals surface area contributed by atoms with E-state index in [1.165, 1.54) is 0 Å². The van der Waals surface area contributed by atoms with Gasteiger partial charge in [0, 0.05) is 44.0 Å². The Bertz CT molecular complexity index is 510. The maximum absolute atomic E-state index is 10.3. The minimum atomic E-state index is -1.11. The molecule has 8 heteroatoms. The van der Waals surface area contributed by atoms with Crippen LogP contribution < -0.4 is 5.46 Å². The van der Waals surface area contributed by atoms with E-state index in [-0.39, 0.29) is 0 Å². The summed E-state index contributed by atoms with van der Waals surface area (Å²) in [6.45, 7) is 12.2. The summed E-state index contributed by atoms with van der Waals surface area (Å²) < 4.78 is 12.8. The zero-order chi connectivity index (χ0) is 17.8. The zero-order valence-corrected chi connectivity index (χ0v) is 15.2. The summed E-state index contributed by atoms with van der Waals surface area (Å²) in [6.07, 6.45) is 4.40. The van der Waals surface area contributed by atoms with Gasteiger partial charge in [0.05, 0.1) is 24.4 Å². The molecule has 2 N–H and O–H groups in total. The Balaban J connectivity index is 1.81. The van der Waals surface area contributed by atoms with Crippen molar-refractivity contribution in [3.63, 3.8) is 0 Å². The second-order valence-corrected chi connectivity index (χ2v) is 7.38. The van der Waals surface area contributed by atoms with E-state index in [1.54, 1.807) is 40.1 Å². The monoisotopic (exact) mass is 339 g/mol. The Morgan fingerprint density at radius 2 is 1.92 bits per heavy atom. The molecule has 0 atom stereocenters. The first-order valence-corrected chi connectivity index (χ1v) is 8.60. The highest BCUT2D eigenvalue weighted by Gasteiger charge is 2.39. The van der Waals surface area contributed by atoms with E-state index in [0.717, 1.165) is 45.8 Å². The summed E-state index contributed by atoms with van der Waals surface area (Å²) in [5, 5.41) is 24.7. The van der Waals surface area contributed by atoms with Crippen molar-refractivity contribution in [2.45, 2.75) is 51.9 Å². The lowest BCUT2D eigenvalue weighted by Crippen LogP contribution is -2.53. The van der Waals surface area contributed by atoms with Gasteiger partial charge in [-0.05, 0) is 34.1 Å². The van der Waals surface area contributed by atoms with Gasteiger partial charge in [-0.1, -0.05) is 0 Å². The van der Waals surface area contributed by atoms with Crippen molar-refractivity contribution in [1.82, 2.24) is 14.7 Å². The third kappa shape index (κ3) is 5.29. The Hall–Kier alpha value is -0.925. The molecule has 2 rings (SSSR count). The average Bonchev–Trinajstić information content (AvgIpc) is 2.96. The third-order valence-corrected chi connectivity index (χ3v) is 4.78. The van der Waals surface area contributed by atoms with E-state index < -0.39 is 18.3 Å². The standard InChI is InChI=1S/C16H30BN3O4/c1-15(2,21)16(3,4)24-17(22)14-12-18-20(13-14)7-5-6-19-8-10-23-11-9-19/h12-13,21-22H,5-11H2,1-4H3. The number of morpholine rings is 1. The minimum absolute atomic E-state index is 0.596. The van der Waals surface area contributed by atoms with Crippen LogP contribution in [0.3, 0.4) is 0 Å². The molecule has 136 valence electrons. The molecule has 0 saturated carbocycles. The molecule has 7 nitrogen and oxygen atoms in total. The van der Waals surface area contributed by atoms with Gasteiger partial charge in [0.15, 0.2) is 0 Å². The van der Waals surface area contributed by atoms with Crippen LogP contribution in [0.15, 0.2) is 12.4 Å². The molecule has 24 heavy (non-hydrogen) atoms. The maximum atomic E-state index is 10.3. The number of aryl methyl sites for hydroxylation is 1. The molecule has 0 bridgehead atoms. The highest BCUT2D eigenvalue weighted by atomic mass is 16.5. The summed E-state index contributed by atoms with van der Waals surface area (Å²) in [5.74, 6) is 0. The molecular weight excluding hydrogens is 309 g/mol. The molecule has 1 saturated heterocycles. The van der Waals surface area contributed by atoms with Crippen molar-refractivity contribution in [2.24, 2.45) is 0 Å². The number of nitrogens with zero attached hydrogens (tertiary/aromatic N) is 3. The van der Waals surface area contributed by atoms with Gasteiger partial charge in [0.25, 0.3) is 0 Å². The zero-order valence-electron chi connectivity index (χ0n) is 15.2. The summed E-state index contributed by atoms with van der Waals surface area (Å²) in [4.78, 5) is 2.39. The number of ether oxygens (including phenoxy) is 1. The second kappa shape index (κ2) is 7.97. The van der Waals surface area contributed by atoms with Crippen molar-refractivity contribution in [1.29, 1.82) is 0 Å². The fourth-order valence-electron chi connectivity index (χ4n) is 2.40. The first-order valence-electron chi connectivity index (χ1n) is 8.60. The molecule has 2 heterocycles. The summed E-state index contributed by atoms with van der Waals surface area (Å²) in [5.41, 5.74) is -1.36. The molecule has 0 spiro atoms. The van der Waals surface area contributed by atoms with Crippen LogP contribution >= 0.6 is 0 Å². The molecule has 1 fully saturated rings. The van der Waals surface area contributed by atoms with Crippen LogP contribution in [0.1, 0.15) is 34.1 Å². The van der Waals surface area contributed by atoms with Crippen LogP contribution in [0, 0.1) is 0 Å². The number of rotatable bonds is 8. The normalized spacial score (nSPS) is 17.2. The Morgan fingerprint density at radius 1 is 1.25 bits per heavy atom. The molecular formula is C16H30BN3O4. The van der Waals surface area contributed by atoms with E-state index in [9.17, 15) is 10.1 Å². The summed E-state index contributed by atoms with van der Waals surface area (Å²) >= 11 is 0. The van der Waals surface area contributed by atoms with Gasteiger partial charge in [-0.25, -0.2) is 0 Å². The van der Waals surface area contributed by atoms with Crippen LogP contribution in [-0.2, 0) is 15.9 Å². The van der Waals surface area contributed by atoms with Crippen molar-refractivity contribution in [3.05, 3.63) is 12.4 Å². The van der Waals surface area contributed by atoms with Crippen LogP contribution in [0.25, 0.3) is 0 Å². The lowest BCUT2D eigenvalue weighted by molar-refractivity contribution is -0.0982. The molecule has 1 aliphatic rings. The first-order chi connectivity index (χ1) is 11.2. The predicted molar refractivity (Wildman–Crippen MR) is 93.2 cm³/mol. The van der Waals surface area contributed by atoms with Crippen LogP contribution in [0.4, 0.5) is 0 Å². The van der Waals surface area contributed by atoms with Gasteiger partial charge in [0.2, 0.25) is 0 Å². The van der Waals surface area contributed by atoms with Crippen molar-refractivity contribution in [3.8, 4) is 0 Å². The van der Waals surface area contributed by atoms with Gasteiger partial charge in [-0.3, -0.25) is 9.58 Å². The molecule has 0 aliphatic carbocycles.